The van der Waals surface area contributed by atoms with E-state index in [-0.39, 0.29) is 11.5 Å². The van der Waals surface area contributed by atoms with Crippen molar-refractivity contribution in [2.75, 3.05) is 0 Å². The summed E-state index contributed by atoms with van der Waals surface area (Å²) >= 11 is 0. The first-order valence-electron chi connectivity index (χ1n) is 4.49. The number of hydrogen-bond donors (Lipinski definition) is 1. The van der Waals surface area contributed by atoms with E-state index in [1.807, 2.05) is 0 Å². The number of carbonyl (C=O) groups is 1. The summed E-state index contributed by atoms with van der Waals surface area (Å²) < 4.78 is 4.93. The molecule has 1 atom stereocenters. The van der Waals surface area contributed by atoms with Crippen molar-refractivity contribution in [3.05, 3.63) is 36.8 Å². The molecule has 1 aromatic heterocycles. The Morgan fingerprint density at radius 1 is 1.79 bits per heavy atom. The molecule has 1 heterocycles. The molecule has 0 saturated carbocycles. The third-order valence-electron chi connectivity index (χ3n) is 2.07. The van der Waals surface area contributed by atoms with Crippen LogP contribution in [0.1, 0.15) is 30.3 Å². The van der Waals surface area contributed by atoms with Crippen LogP contribution in [0.5, 0.6) is 0 Å². The number of Topliss-reactive ketones (excluding diaryl/α,β-unsaturated/α-hetero) is 1. The highest BCUT2D eigenvalue weighted by molar-refractivity contribution is 5.99. The fourth-order valence-electron chi connectivity index (χ4n) is 1.17. The molecule has 0 aromatic carbocycles. The average molecular weight is 194 g/mol. The maximum Gasteiger partial charge on any atom is 0.229 e. The molecule has 3 nitrogen and oxygen atoms in total. The minimum absolute atomic E-state index is 0.194. The van der Waals surface area contributed by atoms with Gasteiger partial charge in [0.1, 0.15) is 5.60 Å². The SMILES string of the molecule is C=CCCC(C)(O)C(=O)c1ccco1. The number of furan rings is 1. The van der Waals surface area contributed by atoms with Crippen molar-refractivity contribution in [3.8, 4) is 0 Å². The van der Waals surface area contributed by atoms with Gasteiger partial charge in [-0.05, 0) is 31.9 Å². The van der Waals surface area contributed by atoms with E-state index in [1.54, 1.807) is 18.2 Å². The Balaban J connectivity index is 2.72. The molecule has 1 aromatic rings. The van der Waals surface area contributed by atoms with Gasteiger partial charge in [0.25, 0.3) is 0 Å². The molecule has 0 saturated heterocycles. The summed E-state index contributed by atoms with van der Waals surface area (Å²) in [5.41, 5.74) is -1.37. The summed E-state index contributed by atoms with van der Waals surface area (Å²) in [6.45, 7) is 5.03. The van der Waals surface area contributed by atoms with Gasteiger partial charge in [-0.1, -0.05) is 6.08 Å². The zero-order chi connectivity index (χ0) is 10.6. The van der Waals surface area contributed by atoms with E-state index in [0.717, 1.165) is 0 Å². The molecule has 0 amide bonds. The Labute approximate surface area is 83.0 Å². The lowest BCUT2D eigenvalue weighted by Gasteiger charge is -2.19. The Morgan fingerprint density at radius 2 is 2.50 bits per heavy atom. The first kappa shape index (κ1) is 10.7. The number of aliphatic hydroxyl groups is 1. The maximum atomic E-state index is 11.7. The molecule has 0 aliphatic heterocycles. The maximum absolute atomic E-state index is 11.7. The van der Waals surface area contributed by atoms with Gasteiger partial charge in [0.2, 0.25) is 5.78 Å². The van der Waals surface area contributed by atoms with Crippen LogP contribution in [-0.4, -0.2) is 16.5 Å². The predicted octanol–water partition coefficient (Wildman–Crippen LogP) is 2.18. The molecule has 0 aliphatic carbocycles. The monoisotopic (exact) mass is 194 g/mol. The minimum atomic E-state index is -1.37. The first-order valence-corrected chi connectivity index (χ1v) is 4.49. The van der Waals surface area contributed by atoms with Crippen molar-refractivity contribution >= 4 is 5.78 Å². The molecule has 0 aliphatic rings. The van der Waals surface area contributed by atoms with Crippen LogP contribution in [-0.2, 0) is 0 Å². The van der Waals surface area contributed by atoms with Crippen LogP contribution >= 0.6 is 0 Å². The summed E-state index contributed by atoms with van der Waals surface area (Å²) in [6, 6.07) is 3.17. The summed E-state index contributed by atoms with van der Waals surface area (Å²) in [7, 11) is 0. The molecule has 3 heteroatoms. The fraction of sp³-hybridized carbons (Fsp3) is 0.364. The van der Waals surface area contributed by atoms with Crippen molar-refractivity contribution in [2.24, 2.45) is 0 Å². The van der Waals surface area contributed by atoms with Gasteiger partial charge in [-0.3, -0.25) is 4.79 Å². The molecule has 14 heavy (non-hydrogen) atoms. The van der Waals surface area contributed by atoms with Gasteiger partial charge in [-0.15, -0.1) is 6.58 Å². The number of allylic oxidation sites excluding steroid dienone is 1. The predicted molar refractivity (Wildman–Crippen MR) is 53.1 cm³/mol. The van der Waals surface area contributed by atoms with Gasteiger partial charge in [0.15, 0.2) is 5.76 Å². The van der Waals surface area contributed by atoms with E-state index in [4.69, 9.17) is 4.42 Å². The third-order valence-corrected chi connectivity index (χ3v) is 2.07. The van der Waals surface area contributed by atoms with E-state index >= 15 is 0 Å². The fourth-order valence-corrected chi connectivity index (χ4v) is 1.17. The number of carbonyl (C=O) groups excluding carboxylic acids is 1. The van der Waals surface area contributed by atoms with Gasteiger partial charge < -0.3 is 9.52 Å². The molecule has 1 rings (SSSR count). The van der Waals surface area contributed by atoms with Crippen LogP contribution in [0.15, 0.2) is 35.5 Å². The zero-order valence-electron chi connectivity index (χ0n) is 8.19. The molecule has 0 fully saturated rings. The Hall–Kier alpha value is -1.35. The lowest BCUT2D eigenvalue weighted by atomic mass is 9.93. The van der Waals surface area contributed by atoms with Crippen molar-refractivity contribution < 1.29 is 14.3 Å². The highest BCUT2D eigenvalue weighted by atomic mass is 16.3. The molecule has 1 N–H and O–H groups in total. The standard InChI is InChI=1S/C11H14O3/c1-3-4-7-11(2,13)10(12)9-6-5-8-14-9/h3,5-6,8,13H,1,4,7H2,2H3. The van der Waals surface area contributed by atoms with E-state index in [9.17, 15) is 9.90 Å². The van der Waals surface area contributed by atoms with E-state index in [1.165, 1.54) is 13.2 Å². The Bertz CT molecular complexity index is 309. The van der Waals surface area contributed by atoms with Gasteiger partial charge in [0.05, 0.1) is 6.26 Å². The second-order valence-electron chi connectivity index (χ2n) is 3.41. The van der Waals surface area contributed by atoms with Crippen LogP contribution in [0.3, 0.4) is 0 Å². The molecule has 0 spiro atoms. The van der Waals surface area contributed by atoms with E-state index in [0.29, 0.717) is 12.8 Å². The lowest BCUT2D eigenvalue weighted by molar-refractivity contribution is 0.0345. The van der Waals surface area contributed by atoms with Gasteiger partial charge in [-0.25, -0.2) is 0 Å². The molecule has 1 unspecified atom stereocenters. The van der Waals surface area contributed by atoms with Crippen LogP contribution in [0.2, 0.25) is 0 Å². The van der Waals surface area contributed by atoms with Crippen LogP contribution < -0.4 is 0 Å². The lowest BCUT2D eigenvalue weighted by Crippen LogP contribution is -2.34. The highest BCUT2D eigenvalue weighted by Crippen LogP contribution is 2.19. The normalized spacial score (nSPS) is 14.7. The van der Waals surface area contributed by atoms with Gasteiger partial charge in [-0.2, -0.15) is 0 Å². The second-order valence-corrected chi connectivity index (χ2v) is 3.41. The quantitative estimate of drug-likeness (QED) is 0.577. The topological polar surface area (TPSA) is 50.4 Å². The van der Waals surface area contributed by atoms with Crippen molar-refractivity contribution in [3.63, 3.8) is 0 Å². The first-order chi connectivity index (χ1) is 6.58. The molecular formula is C11H14O3. The van der Waals surface area contributed by atoms with Crippen LogP contribution in [0, 0.1) is 0 Å². The second kappa shape index (κ2) is 4.24. The Kier molecular flexibility index (Phi) is 3.25. The third kappa shape index (κ3) is 2.33. The van der Waals surface area contributed by atoms with Crippen molar-refractivity contribution in [2.45, 2.75) is 25.4 Å². The number of hydrogen-bond acceptors (Lipinski definition) is 3. The summed E-state index contributed by atoms with van der Waals surface area (Å²) in [5, 5.41) is 9.83. The number of ketones is 1. The summed E-state index contributed by atoms with van der Waals surface area (Å²) in [6.07, 6.45) is 4.04. The van der Waals surface area contributed by atoms with E-state index < -0.39 is 5.60 Å². The summed E-state index contributed by atoms with van der Waals surface area (Å²) in [5.74, 6) is -0.191. The zero-order valence-corrected chi connectivity index (χ0v) is 8.19. The highest BCUT2D eigenvalue weighted by Gasteiger charge is 2.31. The molecule has 0 bridgehead atoms. The van der Waals surface area contributed by atoms with Gasteiger partial charge >= 0.3 is 0 Å². The minimum Gasteiger partial charge on any atom is -0.461 e. The van der Waals surface area contributed by atoms with Gasteiger partial charge in [0, 0.05) is 0 Å². The smallest absolute Gasteiger partial charge is 0.229 e. The molecule has 0 radical (unpaired) electrons. The van der Waals surface area contributed by atoms with Crippen LogP contribution in [0.25, 0.3) is 0 Å². The average Bonchev–Trinajstić information content (AvgIpc) is 2.66. The van der Waals surface area contributed by atoms with Crippen molar-refractivity contribution in [1.29, 1.82) is 0 Å². The molecular weight excluding hydrogens is 180 g/mol. The van der Waals surface area contributed by atoms with Crippen LogP contribution in [0.4, 0.5) is 0 Å². The largest absolute Gasteiger partial charge is 0.461 e. The van der Waals surface area contributed by atoms with E-state index in [2.05, 4.69) is 6.58 Å². The Morgan fingerprint density at radius 3 is 3.00 bits per heavy atom. The van der Waals surface area contributed by atoms with Crippen molar-refractivity contribution in [1.82, 2.24) is 0 Å². The number of rotatable bonds is 5. The molecule has 76 valence electrons. The summed E-state index contributed by atoms with van der Waals surface area (Å²) in [4.78, 5) is 11.7.